The largest absolute Gasteiger partial charge is 0.502 e. The topological polar surface area (TPSA) is 89.4 Å². The van der Waals surface area contributed by atoms with Crippen LogP contribution in [0, 0.1) is 0 Å². The van der Waals surface area contributed by atoms with Gasteiger partial charge in [-0.15, -0.1) is 0 Å². The first-order chi connectivity index (χ1) is 12.6. The molecule has 0 heterocycles. The molecule has 0 saturated carbocycles. The van der Waals surface area contributed by atoms with Crippen LogP contribution in [0.5, 0.6) is 23.0 Å². The Balaban J connectivity index is 1.90. The average molecular weight is 358 g/mol. The molecular formula is C19H22N2O5. The van der Waals surface area contributed by atoms with Gasteiger partial charge in [-0.25, -0.2) is 5.43 Å². The van der Waals surface area contributed by atoms with E-state index in [0.717, 1.165) is 6.42 Å². The van der Waals surface area contributed by atoms with E-state index < -0.39 is 5.91 Å². The van der Waals surface area contributed by atoms with Crippen LogP contribution in [-0.4, -0.2) is 38.1 Å². The standard InChI is InChI=1S/C19H22N2O5/c1-4-13-5-7-15(8-6-13)26-12-18(22)21-20-11-14-9-16(24-2)19(23)17(10-14)25-3/h5-11,23H,4,12H2,1-3H3,(H,21,22)/b20-11+. The van der Waals surface area contributed by atoms with E-state index in [9.17, 15) is 9.90 Å². The predicted octanol–water partition coefficient (Wildman–Crippen LogP) is 2.50. The van der Waals surface area contributed by atoms with Crippen molar-refractivity contribution in [2.75, 3.05) is 20.8 Å². The van der Waals surface area contributed by atoms with E-state index in [2.05, 4.69) is 17.5 Å². The van der Waals surface area contributed by atoms with Gasteiger partial charge in [-0.2, -0.15) is 5.10 Å². The number of rotatable bonds is 8. The highest BCUT2D eigenvalue weighted by Crippen LogP contribution is 2.36. The number of nitrogens with zero attached hydrogens (tertiary/aromatic N) is 1. The second-order valence-electron chi connectivity index (χ2n) is 5.35. The minimum Gasteiger partial charge on any atom is -0.502 e. The maximum atomic E-state index is 11.8. The Morgan fingerprint density at radius 3 is 2.31 bits per heavy atom. The summed E-state index contributed by atoms with van der Waals surface area (Å²) in [4.78, 5) is 11.8. The third-order valence-electron chi connectivity index (χ3n) is 3.61. The first kappa shape index (κ1) is 19.1. The van der Waals surface area contributed by atoms with Crippen LogP contribution in [0.4, 0.5) is 0 Å². The van der Waals surface area contributed by atoms with Gasteiger partial charge in [0, 0.05) is 5.56 Å². The normalized spacial score (nSPS) is 10.6. The first-order valence-corrected chi connectivity index (χ1v) is 8.06. The number of hydrogen-bond acceptors (Lipinski definition) is 6. The lowest BCUT2D eigenvalue weighted by Gasteiger charge is -2.09. The molecule has 0 aliphatic heterocycles. The number of benzene rings is 2. The molecule has 0 unspecified atom stereocenters. The lowest BCUT2D eigenvalue weighted by molar-refractivity contribution is -0.123. The molecule has 0 fully saturated rings. The van der Waals surface area contributed by atoms with Crippen molar-refractivity contribution in [2.24, 2.45) is 5.10 Å². The maximum absolute atomic E-state index is 11.8. The van der Waals surface area contributed by atoms with Crippen LogP contribution in [0.1, 0.15) is 18.1 Å². The second kappa shape index (κ2) is 9.31. The van der Waals surface area contributed by atoms with Crippen molar-refractivity contribution in [3.05, 3.63) is 47.5 Å². The molecule has 0 spiro atoms. The zero-order chi connectivity index (χ0) is 18.9. The van der Waals surface area contributed by atoms with Crippen LogP contribution >= 0.6 is 0 Å². The monoisotopic (exact) mass is 358 g/mol. The van der Waals surface area contributed by atoms with E-state index in [1.165, 1.54) is 26.0 Å². The SMILES string of the molecule is CCc1ccc(OCC(=O)N/N=C/c2cc(OC)c(O)c(OC)c2)cc1. The van der Waals surface area contributed by atoms with Crippen LogP contribution in [0.3, 0.4) is 0 Å². The summed E-state index contributed by atoms with van der Waals surface area (Å²) in [5.41, 5.74) is 4.17. The summed E-state index contributed by atoms with van der Waals surface area (Å²) in [6.45, 7) is 1.92. The average Bonchev–Trinajstić information content (AvgIpc) is 2.67. The van der Waals surface area contributed by atoms with Crippen LogP contribution in [0.25, 0.3) is 0 Å². The molecule has 0 saturated heterocycles. The molecule has 2 aromatic carbocycles. The van der Waals surface area contributed by atoms with Gasteiger partial charge in [0.2, 0.25) is 5.75 Å². The molecule has 2 N–H and O–H groups in total. The van der Waals surface area contributed by atoms with Crippen molar-refractivity contribution in [1.82, 2.24) is 5.43 Å². The molecule has 0 radical (unpaired) electrons. The molecular weight excluding hydrogens is 336 g/mol. The number of methoxy groups -OCH3 is 2. The number of phenols is 1. The number of nitrogens with one attached hydrogen (secondary N) is 1. The number of carbonyl (C=O) groups excluding carboxylic acids is 1. The van der Waals surface area contributed by atoms with Gasteiger partial charge in [-0.3, -0.25) is 4.79 Å². The third kappa shape index (κ3) is 5.14. The van der Waals surface area contributed by atoms with Gasteiger partial charge < -0.3 is 19.3 Å². The summed E-state index contributed by atoms with van der Waals surface area (Å²) in [5.74, 6) is 0.624. The van der Waals surface area contributed by atoms with Gasteiger partial charge >= 0.3 is 0 Å². The predicted molar refractivity (Wildman–Crippen MR) is 98.3 cm³/mol. The summed E-state index contributed by atoms with van der Waals surface area (Å²) < 4.78 is 15.5. The minimum atomic E-state index is -0.390. The molecule has 0 bridgehead atoms. The van der Waals surface area contributed by atoms with Crippen molar-refractivity contribution < 1.29 is 24.1 Å². The summed E-state index contributed by atoms with van der Waals surface area (Å²) in [5, 5.41) is 13.7. The van der Waals surface area contributed by atoms with Gasteiger partial charge in [0.05, 0.1) is 20.4 Å². The van der Waals surface area contributed by atoms with E-state index in [1.54, 1.807) is 12.1 Å². The molecule has 0 atom stereocenters. The first-order valence-electron chi connectivity index (χ1n) is 8.06. The second-order valence-corrected chi connectivity index (χ2v) is 5.35. The molecule has 138 valence electrons. The van der Waals surface area contributed by atoms with Gasteiger partial charge in [-0.05, 0) is 36.2 Å². The Hall–Kier alpha value is -3.22. The molecule has 26 heavy (non-hydrogen) atoms. The van der Waals surface area contributed by atoms with Crippen LogP contribution in [0.15, 0.2) is 41.5 Å². The molecule has 2 rings (SSSR count). The Morgan fingerprint density at radius 2 is 1.77 bits per heavy atom. The number of carbonyl (C=O) groups is 1. The van der Waals surface area contributed by atoms with Gasteiger partial charge in [0.25, 0.3) is 5.91 Å². The zero-order valence-electron chi connectivity index (χ0n) is 15.0. The number of hydrogen-bond donors (Lipinski definition) is 2. The summed E-state index contributed by atoms with van der Waals surface area (Å²) in [6, 6.07) is 10.7. The Kier molecular flexibility index (Phi) is 6.84. The fourth-order valence-corrected chi connectivity index (χ4v) is 2.17. The zero-order valence-corrected chi connectivity index (χ0v) is 15.0. The van der Waals surface area contributed by atoms with E-state index in [1.807, 2.05) is 24.3 Å². The van der Waals surface area contributed by atoms with E-state index in [0.29, 0.717) is 11.3 Å². The number of aromatic hydroxyl groups is 1. The van der Waals surface area contributed by atoms with Crippen molar-refractivity contribution in [2.45, 2.75) is 13.3 Å². The summed E-state index contributed by atoms with van der Waals surface area (Å²) >= 11 is 0. The summed E-state index contributed by atoms with van der Waals surface area (Å²) in [6.07, 6.45) is 2.36. The molecule has 1 amide bonds. The highest BCUT2D eigenvalue weighted by Gasteiger charge is 2.10. The molecule has 0 aliphatic carbocycles. The van der Waals surface area contributed by atoms with Crippen molar-refractivity contribution in [3.63, 3.8) is 0 Å². The number of amides is 1. The van der Waals surface area contributed by atoms with Crippen LogP contribution in [-0.2, 0) is 11.2 Å². The van der Waals surface area contributed by atoms with E-state index >= 15 is 0 Å². The quantitative estimate of drug-likeness (QED) is 0.559. The Bertz CT molecular complexity index is 747. The fraction of sp³-hybridized carbons (Fsp3) is 0.263. The smallest absolute Gasteiger partial charge is 0.277 e. The number of ether oxygens (including phenoxy) is 3. The van der Waals surface area contributed by atoms with Crippen molar-refractivity contribution >= 4 is 12.1 Å². The molecule has 7 nitrogen and oxygen atoms in total. The molecule has 0 aliphatic rings. The van der Waals surface area contributed by atoms with Crippen molar-refractivity contribution in [3.8, 4) is 23.0 Å². The van der Waals surface area contributed by atoms with Gasteiger partial charge in [-0.1, -0.05) is 19.1 Å². The summed E-state index contributed by atoms with van der Waals surface area (Å²) in [7, 11) is 2.86. The Labute approximate surface area is 152 Å². The van der Waals surface area contributed by atoms with E-state index in [-0.39, 0.29) is 23.9 Å². The van der Waals surface area contributed by atoms with Gasteiger partial charge in [0.15, 0.2) is 18.1 Å². The van der Waals surface area contributed by atoms with Gasteiger partial charge in [0.1, 0.15) is 5.75 Å². The van der Waals surface area contributed by atoms with E-state index in [4.69, 9.17) is 14.2 Å². The van der Waals surface area contributed by atoms with Crippen LogP contribution < -0.4 is 19.6 Å². The minimum absolute atomic E-state index is 0.0984. The lowest BCUT2D eigenvalue weighted by Crippen LogP contribution is -2.24. The molecule has 7 heteroatoms. The number of hydrazone groups is 1. The number of phenolic OH excluding ortho intramolecular Hbond substituents is 1. The fourth-order valence-electron chi connectivity index (χ4n) is 2.17. The number of aryl methyl sites for hydroxylation is 1. The van der Waals surface area contributed by atoms with Crippen molar-refractivity contribution in [1.29, 1.82) is 0 Å². The lowest BCUT2D eigenvalue weighted by atomic mass is 10.2. The Morgan fingerprint density at radius 1 is 1.15 bits per heavy atom. The van der Waals surface area contributed by atoms with Crippen LogP contribution in [0.2, 0.25) is 0 Å². The maximum Gasteiger partial charge on any atom is 0.277 e. The third-order valence-corrected chi connectivity index (χ3v) is 3.61. The highest BCUT2D eigenvalue weighted by molar-refractivity contribution is 5.84. The highest BCUT2D eigenvalue weighted by atomic mass is 16.5. The molecule has 2 aromatic rings. The molecule has 0 aromatic heterocycles.